The number of rotatable bonds is 8. The van der Waals surface area contributed by atoms with Crippen molar-refractivity contribution in [3.8, 4) is 5.75 Å². The molecule has 1 N–H and O–H groups in total. The van der Waals surface area contributed by atoms with E-state index in [-0.39, 0.29) is 12.1 Å². The van der Waals surface area contributed by atoms with Crippen LogP contribution in [0, 0.1) is 0 Å². The molecule has 0 saturated carbocycles. The monoisotopic (exact) mass is 251 g/mol. The van der Waals surface area contributed by atoms with Crippen molar-refractivity contribution in [1.29, 1.82) is 0 Å². The zero-order valence-electron chi connectivity index (χ0n) is 11.9. The third kappa shape index (κ3) is 5.07. The van der Waals surface area contributed by atoms with Gasteiger partial charge in [0.25, 0.3) is 0 Å². The van der Waals surface area contributed by atoms with Crippen molar-refractivity contribution in [1.82, 2.24) is 5.32 Å². The maximum atomic E-state index is 5.63. The first-order valence-electron chi connectivity index (χ1n) is 6.71. The molecule has 0 bridgehead atoms. The molecule has 3 heteroatoms. The molecule has 0 saturated heterocycles. The summed E-state index contributed by atoms with van der Waals surface area (Å²) in [5.41, 5.74) is 1.20. The van der Waals surface area contributed by atoms with Crippen LogP contribution in [0.2, 0.25) is 0 Å². The average Bonchev–Trinajstić information content (AvgIpc) is 2.35. The van der Waals surface area contributed by atoms with Gasteiger partial charge in [-0.2, -0.15) is 0 Å². The van der Waals surface area contributed by atoms with Gasteiger partial charge in [0.05, 0.1) is 19.3 Å². The van der Waals surface area contributed by atoms with Gasteiger partial charge in [-0.05, 0) is 33.8 Å². The van der Waals surface area contributed by atoms with Crippen LogP contribution in [0.25, 0.3) is 0 Å². The Morgan fingerprint density at radius 3 is 2.56 bits per heavy atom. The first-order valence-corrected chi connectivity index (χ1v) is 6.71. The van der Waals surface area contributed by atoms with Gasteiger partial charge in [0, 0.05) is 18.2 Å². The van der Waals surface area contributed by atoms with Crippen molar-refractivity contribution < 1.29 is 9.47 Å². The summed E-state index contributed by atoms with van der Waals surface area (Å²) < 4.78 is 11.1. The lowest BCUT2D eigenvalue weighted by atomic mass is 10.1. The first-order chi connectivity index (χ1) is 8.65. The third-order valence-corrected chi connectivity index (χ3v) is 2.69. The normalized spacial score (nSPS) is 12.7. The summed E-state index contributed by atoms with van der Waals surface area (Å²) >= 11 is 0. The molecule has 0 fully saturated rings. The van der Waals surface area contributed by atoms with Crippen LogP contribution in [0.4, 0.5) is 0 Å². The summed E-state index contributed by atoms with van der Waals surface area (Å²) in [6, 6.07) is 8.43. The lowest BCUT2D eigenvalue weighted by Gasteiger charge is -2.18. The minimum Gasteiger partial charge on any atom is -0.494 e. The van der Waals surface area contributed by atoms with E-state index in [0.717, 1.165) is 18.9 Å². The SMILES string of the molecule is CCOc1ccccc1C(C)NCCOC(C)C. The molecule has 0 heterocycles. The topological polar surface area (TPSA) is 30.5 Å². The standard InChI is InChI=1S/C15H25NO2/c1-5-17-15-9-7-6-8-14(15)13(4)16-10-11-18-12(2)3/h6-9,12-13,16H,5,10-11H2,1-4H3. The van der Waals surface area contributed by atoms with Crippen LogP contribution in [0.5, 0.6) is 5.75 Å². The molecule has 0 aliphatic heterocycles. The van der Waals surface area contributed by atoms with Gasteiger partial charge in [-0.25, -0.2) is 0 Å². The number of para-hydroxylation sites is 1. The first kappa shape index (κ1) is 15.0. The smallest absolute Gasteiger partial charge is 0.124 e. The van der Waals surface area contributed by atoms with Crippen molar-refractivity contribution in [2.24, 2.45) is 0 Å². The van der Waals surface area contributed by atoms with Gasteiger partial charge in [-0.1, -0.05) is 18.2 Å². The number of hydrogen-bond donors (Lipinski definition) is 1. The second-order valence-corrected chi connectivity index (χ2v) is 4.57. The molecule has 1 aromatic rings. The second-order valence-electron chi connectivity index (χ2n) is 4.57. The van der Waals surface area contributed by atoms with Crippen LogP contribution >= 0.6 is 0 Å². The predicted octanol–water partition coefficient (Wildman–Crippen LogP) is 3.16. The molecule has 102 valence electrons. The zero-order valence-corrected chi connectivity index (χ0v) is 11.9. The fourth-order valence-electron chi connectivity index (χ4n) is 1.81. The Hall–Kier alpha value is -1.06. The number of benzene rings is 1. The molecular formula is C15H25NO2. The van der Waals surface area contributed by atoms with E-state index in [1.807, 2.05) is 39.0 Å². The minimum atomic E-state index is 0.267. The lowest BCUT2D eigenvalue weighted by Crippen LogP contribution is -2.24. The van der Waals surface area contributed by atoms with Crippen LogP contribution in [0.15, 0.2) is 24.3 Å². The van der Waals surface area contributed by atoms with Gasteiger partial charge < -0.3 is 14.8 Å². The summed E-state index contributed by atoms with van der Waals surface area (Å²) in [6.07, 6.45) is 0.290. The van der Waals surface area contributed by atoms with Gasteiger partial charge >= 0.3 is 0 Å². The molecule has 0 aliphatic carbocycles. The molecule has 1 rings (SSSR count). The van der Waals surface area contributed by atoms with Crippen LogP contribution in [-0.2, 0) is 4.74 Å². The molecular weight excluding hydrogens is 226 g/mol. The van der Waals surface area contributed by atoms with Crippen LogP contribution in [-0.4, -0.2) is 25.9 Å². The number of hydrogen-bond acceptors (Lipinski definition) is 3. The fourth-order valence-corrected chi connectivity index (χ4v) is 1.81. The van der Waals surface area contributed by atoms with Gasteiger partial charge in [-0.15, -0.1) is 0 Å². The second kappa shape index (κ2) is 8.11. The van der Waals surface area contributed by atoms with Gasteiger partial charge in [0.15, 0.2) is 0 Å². The van der Waals surface area contributed by atoms with E-state index in [4.69, 9.17) is 9.47 Å². The Kier molecular flexibility index (Phi) is 6.76. The number of nitrogens with one attached hydrogen (secondary N) is 1. The highest BCUT2D eigenvalue weighted by Crippen LogP contribution is 2.24. The van der Waals surface area contributed by atoms with Gasteiger partial charge in [0.1, 0.15) is 5.75 Å². The molecule has 18 heavy (non-hydrogen) atoms. The molecule has 1 aromatic carbocycles. The molecule has 3 nitrogen and oxygen atoms in total. The maximum absolute atomic E-state index is 5.63. The minimum absolute atomic E-state index is 0.267. The molecule has 1 unspecified atom stereocenters. The third-order valence-electron chi connectivity index (χ3n) is 2.69. The van der Waals surface area contributed by atoms with E-state index in [0.29, 0.717) is 6.61 Å². The summed E-state index contributed by atoms with van der Waals surface area (Å²) in [7, 11) is 0. The van der Waals surface area contributed by atoms with Gasteiger partial charge in [0.2, 0.25) is 0 Å². The van der Waals surface area contributed by atoms with Crippen molar-refractivity contribution in [2.45, 2.75) is 39.8 Å². The summed E-state index contributed by atoms with van der Waals surface area (Å²) in [5.74, 6) is 0.963. The van der Waals surface area contributed by atoms with Crippen LogP contribution in [0.3, 0.4) is 0 Å². The predicted molar refractivity (Wildman–Crippen MR) is 75.1 cm³/mol. The fraction of sp³-hybridized carbons (Fsp3) is 0.600. The molecule has 0 spiro atoms. The van der Waals surface area contributed by atoms with E-state index in [1.165, 1.54) is 5.56 Å². The summed E-state index contributed by atoms with van der Waals surface area (Å²) in [4.78, 5) is 0. The highest BCUT2D eigenvalue weighted by atomic mass is 16.5. The van der Waals surface area contributed by atoms with Crippen molar-refractivity contribution >= 4 is 0 Å². The van der Waals surface area contributed by atoms with Crippen molar-refractivity contribution in [2.75, 3.05) is 19.8 Å². The van der Waals surface area contributed by atoms with Crippen LogP contribution in [0.1, 0.15) is 39.3 Å². The van der Waals surface area contributed by atoms with Gasteiger partial charge in [-0.3, -0.25) is 0 Å². The maximum Gasteiger partial charge on any atom is 0.124 e. The zero-order chi connectivity index (χ0) is 13.4. The average molecular weight is 251 g/mol. The number of ether oxygens (including phenoxy) is 2. The Labute approximate surface area is 110 Å². The molecule has 0 amide bonds. The Morgan fingerprint density at radius 2 is 1.89 bits per heavy atom. The largest absolute Gasteiger partial charge is 0.494 e. The van der Waals surface area contributed by atoms with E-state index in [1.54, 1.807) is 0 Å². The molecule has 1 atom stereocenters. The Bertz CT molecular complexity index is 339. The highest BCUT2D eigenvalue weighted by Gasteiger charge is 2.10. The quantitative estimate of drug-likeness (QED) is 0.720. The van der Waals surface area contributed by atoms with E-state index < -0.39 is 0 Å². The molecule has 0 aromatic heterocycles. The van der Waals surface area contributed by atoms with E-state index >= 15 is 0 Å². The highest BCUT2D eigenvalue weighted by molar-refractivity contribution is 5.35. The lowest BCUT2D eigenvalue weighted by molar-refractivity contribution is 0.0795. The van der Waals surface area contributed by atoms with Crippen LogP contribution < -0.4 is 10.1 Å². The summed E-state index contributed by atoms with van der Waals surface area (Å²) in [6.45, 7) is 10.5. The summed E-state index contributed by atoms with van der Waals surface area (Å²) in [5, 5.41) is 3.45. The molecule has 0 radical (unpaired) electrons. The van der Waals surface area contributed by atoms with E-state index in [9.17, 15) is 0 Å². The van der Waals surface area contributed by atoms with E-state index in [2.05, 4.69) is 18.3 Å². The Balaban J connectivity index is 2.47. The molecule has 0 aliphatic rings. The van der Waals surface area contributed by atoms with Crippen molar-refractivity contribution in [3.63, 3.8) is 0 Å². The van der Waals surface area contributed by atoms with Crippen molar-refractivity contribution in [3.05, 3.63) is 29.8 Å². The Morgan fingerprint density at radius 1 is 1.17 bits per heavy atom.